The number of hydrogen-bond donors (Lipinski definition) is 2. The molecule has 0 fully saturated rings. The predicted molar refractivity (Wildman–Crippen MR) is 96.0 cm³/mol. The van der Waals surface area contributed by atoms with Gasteiger partial charge in [0.2, 0.25) is 5.88 Å². The maximum absolute atomic E-state index is 12.5. The third-order valence-corrected chi connectivity index (χ3v) is 4.10. The maximum Gasteiger partial charge on any atom is 0.340 e. The molecule has 1 heterocycles. The highest BCUT2D eigenvalue weighted by Crippen LogP contribution is 2.44. The Labute approximate surface area is 151 Å². The summed E-state index contributed by atoms with van der Waals surface area (Å²) in [5, 5.41) is 9.74. The summed E-state index contributed by atoms with van der Waals surface area (Å²) in [5.74, 6) is 0.192. The highest BCUT2D eigenvalue weighted by Gasteiger charge is 2.35. The molecular formula is C20H21NO5. The second-order valence-corrected chi connectivity index (χ2v) is 5.76. The minimum absolute atomic E-state index is 0.0274. The summed E-state index contributed by atoms with van der Waals surface area (Å²) in [7, 11) is 0. The molecule has 0 saturated heterocycles. The van der Waals surface area contributed by atoms with Crippen LogP contribution < -0.4 is 15.2 Å². The molecule has 2 aromatic rings. The van der Waals surface area contributed by atoms with Gasteiger partial charge in [0.1, 0.15) is 22.8 Å². The van der Waals surface area contributed by atoms with Crippen molar-refractivity contribution < 1.29 is 24.1 Å². The van der Waals surface area contributed by atoms with Crippen LogP contribution in [0.3, 0.4) is 0 Å². The largest absolute Gasteiger partial charge is 0.508 e. The summed E-state index contributed by atoms with van der Waals surface area (Å²) < 4.78 is 16.2. The minimum atomic E-state index is -0.525. The lowest BCUT2D eigenvalue weighted by Gasteiger charge is -2.28. The number of esters is 1. The van der Waals surface area contributed by atoms with Gasteiger partial charge in [-0.05, 0) is 37.6 Å². The molecule has 6 nitrogen and oxygen atoms in total. The molecule has 3 N–H and O–H groups in total. The van der Waals surface area contributed by atoms with Crippen LogP contribution in [0.25, 0.3) is 0 Å². The molecule has 0 aliphatic carbocycles. The van der Waals surface area contributed by atoms with Crippen LogP contribution >= 0.6 is 0 Å². The molecule has 3 rings (SSSR count). The summed E-state index contributed by atoms with van der Waals surface area (Å²) in [4.78, 5) is 12.5. The fourth-order valence-corrected chi connectivity index (χ4v) is 3.02. The number of carbonyl (C=O) groups excluding carboxylic acids is 1. The quantitative estimate of drug-likeness (QED) is 0.801. The number of rotatable bonds is 5. The summed E-state index contributed by atoms with van der Waals surface area (Å²) in [5.41, 5.74) is 7.84. The summed E-state index contributed by atoms with van der Waals surface area (Å²) in [6, 6.07) is 12.2. The summed E-state index contributed by atoms with van der Waals surface area (Å²) in [6.07, 6.45) is 0. The van der Waals surface area contributed by atoms with E-state index in [0.717, 1.165) is 16.9 Å². The maximum atomic E-state index is 12.5. The van der Waals surface area contributed by atoms with E-state index in [9.17, 15) is 9.90 Å². The Morgan fingerprint density at radius 2 is 1.88 bits per heavy atom. The number of benzene rings is 2. The van der Waals surface area contributed by atoms with Crippen molar-refractivity contribution in [3.63, 3.8) is 0 Å². The second-order valence-electron chi connectivity index (χ2n) is 5.76. The minimum Gasteiger partial charge on any atom is -0.508 e. The molecule has 0 aromatic heterocycles. The van der Waals surface area contributed by atoms with Crippen LogP contribution in [0.1, 0.15) is 30.9 Å². The smallest absolute Gasteiger partial charge is 0.340 e. The Kier molecular flexibility index (Phi) is 5.02. The second kappa shape index (κ2) is 7.39. The summed E-state index contributed by atoms with van der Waals surface area (Å²) >= 11 is 0. The number of phenolic OH excluding ortho intramolecular Hbond substituents is 1. The van der Waals surface area contributed by atoms with Gasteiger partial charge >= 0.3 is 5.97 Å². The van der Waals surface area contributed by atoms with Crippen molar-refractivity contribution >= 4 is 5.97 Å². The van der Waals surface area contributed by atoms with E-state index >= 15 is 0 Å². The van der Waals surface area contributed by atoms with Gasteiger partial charge in [0.25, 0.3) is 0 Å². The van der Waals surface area contributed by atoms with Gasteiger partial charge in [0, 0.05) is 11.6 Å². The first kappa shape index (κ1) is 17.7. The van der Waals surface area contributed by atoms with Crippen molar-refractivity contribution in [2.45, 2.75) is 19.8 Å². The lowest BCUT2D eigenvalue weighted by molar-refractivity contribution is -0.139. The van der Waals surface area contributed by atoms with Crippen LogP contribution in [0.2, 0.25) is 0 Å². The SMILES string of the molecule is CCOC(=O)C1=C(N)Oc2cc(O)ccc2C1c1ccc(OCC)cc1. The van der Waals surface area contributed by atoms with Crippen LogP contribution in [0.15, 0.2) is 53.9 Å². The Hall–Kier alpha value is -3.15. The molecule has 1 aliphatic heterocycles. The number of fused-ring (bicyclic) bond motifs is 1. The topological polar surface area (TPSA) is 91.0 Å². The molecule has 26 heavy (non-hydrogen) atoms. The molecular weight excluding hydrogens is 334 g/mol. The number of aromatic hydroxyl groups is 1. The van der Waals surface area contributed by atoms with Crippen molar-refractivity contribution in [3.05, 3.63) is 65.0 Å². The lowest BCUT2D eigenvalue weighted by atomic mass is 9.83. The highest BCUT2D eigenvalue weighted by atomic mass is 16.5. The first-order valence-corrected chi connectivity index (χ1v) is 8.45. The average molecular weight is 355 g/mol. The van der Waals surface area contributed by atoms with Gasteiger partial charge in [-0.3, -0.25) is 0 Å². The number of phenols is 1. The van der Waals surface area contributed by atoms with E-state index in [2.05, 4.69) is 0 Å². The van der Waals surface area contributed by atoms with Gasteiger partial charge in [-0.25, -0.2) is 4.79 Å². The van der Waals surface area contributed by atoms with Gasteiger partial charge in [-0.15, -0.1) is 0 Å². The molecule has 0 bridgehead atoms. The molecule has 0 amide bonds. The van der Waals surface area contributed by atoms with E-state index in [-0.39, 0.29) is 23.8 Å². The normalized spacial score (nSPS) is 15.8. The van der Waals surface area contributed by atoms with Gasteiger partial charge in [-0.2, -0.15) is 0 Å². The monoisotopic (exact) mass is 355 g/mol. The third-order valence-electron chi connectivity index (χ3n) is 4.10. The van der Waals surface area contributed by atoms with Crippen molar-refractivity contribution in [1.82, 2.24) is 0 Å². The van der Waals surface area contributed by atoms with Gasteiger partial charge in [-0.1, -0.05) is 18.2 Å². The molecule has 1 atom stereocenters. The van der Waals surface area contributed by atoms with Crippen LogP contribution in [-0.2, 0) is 9.53 Å². The first-order valence-electron chi connectivity index (χ1n) is 8.45. The number of ether oxygens (including phenoxy) is 3. The molecule has 1 aliphatic rings. The zero-order valence-corrected chi connectivity index (χ0v) is 14.7. The Morgan fingerprint density at radius 3 is 2.54 bits per heavy atom. The fourth-order valence-electron chi connectivity index (χ4n) is 3.02. The third kappa shape index (κ3) is 3.31. The fraction of sp³-hybridized carbons (Fsp3) is 0.250. The van der Waals surface area contributed by atoms with Crippen molar-refractivity contribution in [1.29, 1.82) is 0 Å². The van der Waals surface area contributed by atoms with E-state index in [1.54, 1.807) is 19.1 Å². The zero-order valence-electron chi connectivity index (χ0n) is 14.7. The van der Waals surface area contributed by atoms with Gasteiger partial charge in [0.15, 0.2) is 0 Å². The van der Waals surface area contributed by atoms with E-state index in [4.69, 9.17) is 19.9 Å². The van der Waals surface area contributed by atoms with E-state index in [0.29, 0.717) is 12.4 Å². The van der Waals surface area contributed by atoms with Crippen molar-refractivity contribution in [2.75, 3.05) is 13.2 Å². The van der Waals surface area contributed by atoms with E-state index in [1.165, 1.54) is 6.07 Å². The molecule has 136 valence electrons. The number of carbonyl (C=O) groups is 1. The number of hydrogen-bond acceptors (Lipinski definition) is 6. The van der Waals surface area contributed by atoms with E-state index in [1.807, 2.05) is 31.2 Å². The Morgan fingerprint density at radius 1 is 1.15 bits per heavy atom. The predicted octanol–water partition coefficient (Wildman–Crippen LogP) is 3.05. The molecule has 0 radical (unpaired) electrons. The van der Waals surface area contributed by atoms with E-state index < -0.39 is 11.9 Å². The van der Waals surface area contributed by atoms with Crippen LogP contribution in [0.5, 0.6) is 17.2 Å². The lowest BCUT2D eigenvalue weighted by Crippen LogP contribution is -2.27. The average Bonchev–Trinajstić information content (AvgIpc) is 2.61. The molecule has 2 aromatic carbocycles. The standard InChI is InChI=1S/C20H21NO5/c1-3-24-14-8-5-12(6-9-14)17-15-10-7-13(22)11-16(15)26-19(21)18(17)20(23)25-4-2/h5-11,17,22H,3-4,21H2,1-2H3. The molecule has 6 heteroatoms. The van der Waals surface area contributed by atoms with Crippen molar-refractivity contribution in [2.24, 2.45) is 5.73 Å². The molecule has 1 unspecified atom stereocenters. The van der Waals surface area contributed by atoms with Crippen LogP contribution in [0.4, 0.5) is 0 Å². The highest BCUT2D eigenvalue weighted by molar-refractivity contribution is 5.92. The molecule has 0 saturated carbocycles. The van der Waals surface area contributed by atoms with Crippen LogP contribution in [0, 0.1) is 0 Å². The van der Waals surface area contributed by atoms with Crippen LogP contribution in [-0.4, -0.2) is 24.3 Å². The van der Waals surface area contributed by atoms with Gasteiger partial charge < -0.3 is 25.1 Å². The Balaban J connectivity index is 2.11. The molecule has 0 spiro atoms. The van der Waals surface area contributed by atoms with Crippen molar-refractivity contribution in [3.8, 4) is 17.2 Å². The zero-order chi connectivity index (χ0) is 18.7. The Bertz CT molecular complexity index is 842. The number of nitrogens with two attached hydrogens (primary N) is 1. The first-order chi connectivity index (χ1) is 12.5. The summed E-state index contributed by atoms with van der Waals surface area (Å²) in [6.45, 7) is 4.45. The van der Waals surface area contributed by atoms with Gasteiger partial charge in [0.05, 0.1) is 19.1 Å².